The van der Waals surface area contributed by atoms with Crippen LogP contribution in [0.15, 0.2) is 30.3 Å². The van der Waals surface area contributed by atoms with Crippen LogP contribution in [0.4, 0.5) is 0 Å². The zero-order valence-corrected chi connectivity index (χ0v) is 10.0. The first-order valence-electron chi connectivity index (χ1n) is 5.89. The maximum absolute atomic E-state index is 12.4. The quantitative estimate of drug-likeness (QED) is 0.792. The zero-order valence-electron chi connectivity index (χ0n) is 10.0. The Hall–Kier alpha value is -1.82. The molecule has 0 heterocycles. The minimum absolute atomic E-state index is 0.152. The van der Waals surface area contributed by atoms with Crippen molar-refractivity contribution in [3.63, 3.8) is 0 Å². The van der Waals surface area contributed by atoms with Gasteiger partial charge in [0.1, 0.15) is 0 Å². The van der Waals surface area contributed by atoms with Crippen molar-refractivity contribution in [2.24, 2.45) is 0 Å². The van der Waals surface area contributed by atoms with Crippen LogP contribution >= 0.6 is 0 Å². The van der Waals surface area contributed by atoms with Gasteiger partial charge in [-0.25, -0.2) is 0 Å². The van der Waals surface area contributed by atoms with Crippen LogP contribution in [0.5, 0.6) is 0 Å². The van der Waals surface area contributed by atoms with Crippen molar-refractivity contribution in [2.45, 2.75) is 24.7 Å². The number of likely N-dealkylation sites (N-methyl/N-ethyl adjacent to an activating group) is 1. The summed E-state index contributed by atoms with van der Waals surface area (Å²) in [6.07, 6.45) is 2.24. The van der Waals surface area contributed by atoms with Crippen LogP contribution < -0.4 is 0 Å². The summed E-state index contributed by atoms with van der Waals surface area (Å²) in [7, 11) is 1.78. The van der Waals surface area contributed by atoms with E-state index < -0.39 is 0 Å². The molecule has 1 aromatic rings. The predicted octanol–water partition coefficient (Wildman–Crippen LogP) is 2.09. The van der Waals surface area contributed by atoms with Gasteiger partial charge in [-0.3, -0.25) is 4.79 Å². The molecule has 17 heavy (non-hydrogen) atoms. The summed E-state index contributed by atoms with van der Waals surface area (Å²) >= 11 is 0. The van der Waals surface area contributed by atoms with Gasteiger partial charge in [-0.15, -0.1) is 0 Å². The van der Waals surface area contributed by atoms with Crippen molar-refractivity contribution in [1.29, 1.82) is 5.26 Å². The third-order valence-electron chi connectivity index (χ3n) is 3.39. The molecule has 0 aliphatic heterocycles. The Kier molecular flexibility index (Phi) is 3.14. The van der Waals surface area contributed by atoms with Crippen LogP contribution in [-0.4, -0.2) is 24.4 Å². The highest BCUT2D eigenvalue weighted by Gasteiger charge is 2.52. The molecule has 0 spiro atoms. The van der Waals surface area contributed by atoms with Crippen molar-refractivity contribution in [2.75, 3.05) is 13.6 Å². The second kappa shape index (κ2) is 4.58. The second-order valence-corrected chi connectivity index (χ2v) is 4.58. The predicted molar refractivity (Wildman–Crippen MR) is 65.2 cm³/mol. The Bertz CT molecular complexity index is 443. The normalized spacial score (nSPS) is 16.0. The van der Waals surface area contributed by atoms with Gasteiger partial charge in [0.15, 0.2) is 0 Å². The first kappa shape index (κ1) is 11.7. The fourth-order valence-corrected chi connectivity index (χ4v) is 2.19. The first-order chi connectivity index (χ1) is 8.20. The average Bonchev–Trinajstić information content (AvgIpc) is 3.17. The number of amides is 1. The fourth-order valence-electron chi connectivity index (χ4n) is 2.19. The van der Waals surface area contributed by atoms with Crippen LogP contribution in [0, 0.1) is 11.3 Å². The monoisotopic (exact) mass is 228 g/mol. The van der Waals surface area contributed by atoms with Crippen LogP contribution in [0.1, 0.15) is 24.8 Å². The van der Waals surface area contributed by atoms with Crippen LogP contribution in [0.3, 0.4) is 0 Å². The molecule has 0 radical (unpaired) electrons. The molecule has 0 unspecified atom stereocenters. The number of carbonyl (C=O) groups excluding carboxylic acids is 1. The Labute approximate surface area is 102 Å². The van der Waals surface area contributed by atoms with Crippen molar-refractivity contribution in [3.05, 3.63) is 35.9 Å². The Morgan fingerprint density at radius 1 is 1.41 bits per heavy atom. The Morgan fingerprint density at radius 3 is 2.59 bits per heavy atom. The number of nitrogens with zero attached hydrogens (tertiary/aromatic N) is 2. The molecule has 0 N–H and O–H groups in total. The molecule has 88 valence electrons. The van der Waals surface area contributed by atoms with E-state index in [4.69, 9.17) is 5.26 Å². The number of carbonyl (C=O) groups is 1. The number of hydrogen-bond donors (Lipinski definition) is 0. The minimum atomic E-state index is -0.300. The average molecular weight is 228 g/mol. The van der Waals surface area contributed by atoms with E-state index in [1.165, 1.54) is 0 Å². The fraction of sp³-hybridized carbons (Fsp3) is 0.429. The molecule has 0 atom stereocenters. The lowest BCUT2D eigenvalue weighted by Crippen LogP contribution is -2.37. The van der Waals surface area contributed by atoms with Crippen LogP contribution in [0.2, 0.25) is 0 Å². The maximum atomic E-state index is 12.4. The van der Waals surface area contributed by atoms with Gasteiger partial charge in [-0.05, 0) is 18.4 Å². The highest BCUT2D eigenvalue weighted by atomic mass is 16.2. The van der Waals surface area contributed by atoms with E-state index in [0.29, 0.717) is 13.0 Å². The molecule has 3 heteroatoms. The molecule has 1 amide bonds. The Balaban J connectivity index is 2.12. The highest BCUT2D eigenvalue weighted by Crippen LogP contribution is 2.49. The Morgan fingerprint density at radius 2 is 2.06 bits per heavy atom. The van der Waals surface area contributed by atoms with Gasteiger partial charge in [0.25, 0.3) is 0 Å². The number of nitriles is 1. The van der Waals surface area contributed by atoms with E-state index in [-0.39, 0.29) is 11.3 Å². The lowest BCUT2D eigenvalue weighted by molar-refractivity contribution is -0.132. The largest absolute Gasteiger partial charge is 0.344 e. The lowest BCUT2D eigenvalue weighted by atomic mass is 9.94. The second-order valence-electron chi connectivity index (χ2n) is 4.58. The molecule has 1 aromatic carbocycles. The smallest absolute Gasteiger partial charge is 0.232 e. The summed E-state index contributed by atoms with van der Waals surface area (Å²) in [5.41, 5.74) is 0.805. The minimum Gasteiger partial charge on any atom is -0.344 e. The molecule has 1 aliphatic carbocycles. The molecule has 1 aliphatic rings. The standard InChI is InChI=1S/C14H16N2O/c1-16(11-5-10-15)13(17)14(8-9-14)12-6-3-2-4-7-12/h2-4,6-7H,5,8-9,11H2,1H3. The summed E-state index contributed by atoms with van der Waals surface area (Å²) in [6.45, 7) is 0.518. The van der Waals surface area contributed by atoms with Crippen molar-refractivity contribution >= 4 is 5.91 Å². The molecular weight excluding hydrogens is 212 g/mol. The molecule has 1 fully saturated rings. The third kappa shape index (κ3) is 2.16. The van der Waals surface area contributed by atoms with Crippen LogP contribution in [-0.2, 0) is 10.2 Å². The number of rotatable bonds is 4. The maximum Gasteiger partial charge on any atom is 0.232 e. The van der Waals surface area contributed by atoms with Gasteiger partial charge in [0, 0.05) is 13.6 Å². The summed E-state index contributed by atoms with van der Waals surface area (Å²) < 4.78 is 0. The van der Waals surface area contributed by atoms with Crippen molar-refractivity contribution < 1.29 is 4.79 Å². The first-order valence-corrected chi connectivity index (χ1v) is 5.89. The lowest BCUT2D eigenvalue weighted by Gasteiger charge is -2.23. The van der Waals surface area contributed by atoms with Crippen LogP contribution in [0.25, 0.3) is 0 Å². The van der Waals surface area contributed by atoms with E-state index in [1.807, 2.05) is 30.3 Å². The number of benzene rings is 1. The summed E-state index contributed by atoms with van der Waals surface area (Å²) in [5.74, 6) is 0.152. The number of hydrogen-bond acceptors (Lipinski definition) is 2. The molecule has 0 bridgehead atoms. The summed E-state index contributed by atoms with van der Waals surface area (Å²) in [4.78, 5) is 14.0. The van der Waals surface area contributed by atoms with Gasteiger partial charge >= 0.3 is 0 Å². The van der Waals surface area contributed by atoms with E-state index in [0.717, 1.165) is 18.4 Å². The molecule has 0 saturated heterocycles. The topological polar surface area (TPSA) is 44.1 Å². The van der Waals surface area contributed by atoms with E-state index in [2.05, 4.69) is 6.07 Å². The van der Waals surface area contributed by atoms with Gasteiger partial charge in [-0.2, -0.15) is 5.26 Å². The SMILES string of the molecule is CN(CCC#N)C(=O)C1(c2ccccc2)CC1. The molecule has 3 nitrogen and oxygen atoms in total. The van der Waals surface area contributed by atoms with E-state index >= 15 is 0 Å². The van der Waals surface area contributed by atoms with Gasteiger partial charge in [0.2, 0.25) is 5.91 Å². The third-order valence-corrected chi connectivity index (χ3v) is 3.39. The highest BCUT2D eigenvalue weighted by molar-refractivity contribution is 5.91. The summed E-state index contributed by atoms with van der Waals surface area (Å²) in [5, 5.41) is 8.54. The van der Waals surface area contributed by atoms with E-state index in [9.17, 15) is 4.79 Å². The summed E-state index contributed by atoms with van der Waals surface area (Å²) in [6, 6.07) is 12.0. The van der Waals surface area contributed by atoms with Gasteiger partial charge in [-0.1, -0.05) is 30.3 Å². The van der Waals surface area contributed by atoms with Crippen molar-refractivity contribution in [3.8, 4) is 6.07 Å². The molecular formula is C14H16N2O. The van der Waals surface area contributed by atoms with Gasteiger partial charge < -0.3 is 4.90 Å². The van der Waals surface area contributed by atoms with Crippen molar-refractivity contribution in [1.82, 2.24) is 4.90 Å². The molecule has 2 rings (SSSR count). The van der Waals surface area contributed by atoms with Gasteiger partial charge in [0.05, 0.1) is 17.9 Å². The zero-order chi connectivity index (χ0) is 12.3. The molecule has 0 aromatic heterocycles. The molecule has 1 saturated carbocycles. The van der Waals surface area contributed by atoms with E-state index in [1.54, 1.807) is 11.9 Å².